The van der Waals surface area contributed by atoms with Gasteiger partial charge in [-0.25, -0.2) is 4.68 Å². The Kier molecular flexibility index (Phi) is 8.32. The Bertz CT molecular complexity index is 623. The fourth-order valence-electron chi connectivity index (χ4n) is 2.18. The molecule has 0 saturated heterocycles. The summed E-state index contributed by atoms with van der Waals surface area (Å²) in [5.74, 6) is -2.21. The van der Waals surface area contributed by atoms with E-state index < -0.39 is 43.8 Å². The number of hydrogen-bond acceptors (Lipinski definition) is 9. The second-order valence-electron chi connectivity index (χ2n) is 6.22. The Hall–Kier alpha value is -1.36. The minimum atomic E-state index is -3.92. The van der Waals surface area contributed by atoms with Crippen LogP contribution in [0.25, 0.3) is 0 Å². The van der Waals surface area contributed by atoms with Crippen LogP contribution in [0.1, 0.15) is 38.2 Å². The molecule has 0 spiro atoms. The highest BCUT2D eigenvalue weighted by Crippen LogP contribution is 2.56. The van der Waals surface area contributed by atoms with Crippen molar-refractivity contribution in [2.75, 3.05) is 7.11 Å². The van der Waals surface area contributed by atoms with Gasteiger partial charge in [-0.15, -0.1) is 5.10 Å². The number of carbonyl (C=O) groups is 1. The van der Waals surface area contributed by atoms with Crippen molar-refractivity contribution in [2.24, 2.45) is 5.73 Å². The molecule has 0 radical (unpaired) electrons. The number of nitrogens with zero attached hydrogens (tertiary/aromatic N) is 3. The number of amides is 1. The van der Waals surface area contributed by atoms with Gasteiger partial charge < -0.3 is 29.7 Å². The summed E-state index contributed by atoms with van der Waals surface area (Å²) in [6.07, 6.45) is -2.79. The average Bonchev–Trinajstić information content (AvgIpc) is 2.94. The van der Waals surface area contributed by atoms with Crippen LogP contribution in [0.5, 0.6) is 0 Å². The van der Waals surface area contributed by atoms with Crippen LogP contribution in [-0.4, -0.2) is 68.5 Å². The molecule has 1 heterocycles. The van der Waals surface area contributed by atoms with Gasteiger partial charge in [-0.1, -0.05) is 5.21 Å². The zero-order valence-electron chi connectivity index (χ0n) is 15.5. The Morgan fingerprint density at radius 1 is 1.27 bits per heavy atom. The van der Waals surface area contributed by atoms with Gasteiger partial charge in [0.25, 0.3) is 5.91 Å². The van der Waals surface area contributed by atoms with Crippen LogP contribution in [0.2, 0.25) is 0 Å². The van der Waals surface area contributed by atoms with Crippen molar-refractivity contribution in [1.82, 2.24) is 15.0 Å². The normalized spacial score (nSPS) is 16.0. The van der Waals surface area contributed by atoms with Crippen molar-refractivity contribution >= 4 is 13.5 Å². The molecule has 1 aromatic heterocycles. The Morgan fingerprint density at radius 2 is 1.81 bits per heavy atom. The lowest BCUT2D eigenvalue weighted by atomic mass is 10.2. The highest BCUT2D eigenvalue weighted by atomic mass is 31.2. The molecular formula is C14H27N4O7P. The minimum Gasteiger partial charge on any atom is -0.388 e. The molecule has 0 saturated carbocycles. The van der Waals surface area contributed by atoms with Gasteiger partial charge in [-0.3, -0.25) is 9.36 Å². The molecule has 0 unspecified atom stereocenters. The first-order valence-electron chi connectivity index (χ1n) is 8.05. The molecule has 0 aromatic carbocycles. The van der Waals surface area contributed by atoms with Crippen LogP contribution in [-0.2, 0) is 24.9 Å². The van der Waals surface area contributed by atoms with E-state index in [1.54, 1.807) is 27.7 Å². The van der Waals surface area contributed by atoms with E-state index in [0.29, 0.717) is 0 Å². The van der Waals surface area contributed by atoms with Gasteiger partial charge in [0.2, 0.25) is 0 Å². The number of carbonyl (C=O) groups excluding carboxylic acids is 1. The number of nitrogens with two attached hydrogens (primary N) is 1. The molecule has 1 rings (SSSR count). The molecule has 0 bridgehead atoms. The first-order valence-corrected chi connectivity index (χ1v) is 9.66. The van der Waals surface area contributed by atoms with Crippen molar-refractivity contribution in [1.29, 1.82) is 0 Å². The zero-order chi connectivity index (χ0) is 20.1. The maximum Gasteiger partial charge on any atom is 0.362 e. The lowest BCUT2D eigenvalue weighted by Crippen LogP contribution is -2.42. The molecule has 150 valence electrons. The summed E-state index contributed by atoms with van der Waals surface area (Å²) in [5.41, 5.74) is 4.99. The fourth-order valence-corrected chi connectivity index (χ4v) is 4.47. The number of primary amides is 1. The fraction of sp³-hybridized carbons (Fsp3) is 0.786. The largest absolute Gasteiger partial charge is 0.388 e. The maximum absolute atomic E-state index is 13.1. The van der Waals surface area contributed by atoms with E-state index in [-0.39, 0.29) is 12.2 Å². The molecule has 3 atom stereocenters. The van der Waals surface area contributed by atoms with Crippen molar-refractivity contribution in [2.45, 2.75) is 64.5 Å². The second-order valence-corrected chi connectivity index (χ2v) is 8.23. The van der Waals surface area contributed by atoms with E-state index >= 15 is 0 Å². The third kappa shape index (κ3) is 6.11. The lowest BCUT2D eigenvalue weighted by Gasteiger charge is -2.33. The van der Waals surface area contributed by atoms with Crippen molar-refractivity contribution in [3.8, 4) is 0 Å². The van der Waals surface area contributed by atoms with E-state index in [1.807, 2.05) is 0 Å². The number of aromatic nitrogens is 3. The van der Waals surface area contributed by atoms with Gasteiger partial charge in [0.1, 0.15) is 12.2 Å². The summed E-state index contributed by atoms with van der Waals surface area (Å²) in [6.45, 7) is 6.39. The van der Waals surface area contributed by atoms with Crippen molar-refractivity contribution in [3.05, 3.63) is 11.9 Å². The number of methoxy groups -OCH3 is 1. The molecule has 0 aliphatic rings. The number of hydrogen-bond donors (Lipinski definition) is 3. The predicted molar refractivity (Wildman–Crippen MR) is 91.4 cm³/mol. The zero-order valence-corrected chi connectivity index (χ0v) is 16.4. The van der Waals surface area contributed by atoms with Gasteiger partial charge >= 0.3 is 7.60 Å². The van der Waals surface area contributed by atoms with Gasteiger partial charge in [0.15, 0.2) is 11.5 Å². The molecule has 12 heteroatoms. The standard InChI is InChI=1S/C14H27N4O7P/c1-8(2)24-26(22,25-9(3)4)14(23-5)12(20)11(19)7-18-6-10(13(15)21)16-17-18/h6,8-9,11-12,14,19-20H,7H2,1-5H3,(H2,15,21)/t11-,12+,14-/m0/s1. The number of aliphatic hydroxyl groups is 2. The second kappa shape index (κ2) is 9.54. The van der Waals surface area contributed by atoms with Crippen LogP contribution in [0.15, 0.2) is 6.20 Å². The van der Waals surface area contributed by atoms with Gasteiger partial charge in [-0.05, 0) is 27.7 Å². The average molecular weight is 394 g/mol. The molecule has 0 aliphatic heterocycles. The molecule has 11 nitrogen and oxygen atoms in total. The summed E-state index contributed by atoms with van der Waals surface area (Å²) in [6, 6.07) is 0. The molecule has 1 amide bonds. The van der Waals surface area contributed by atoms with Crippen LogP contribution in [0.4, 0.5) is 0 Å². The van der Waals surface area contributed by atoms with E-state index in [2.05, 4.69) is 10.3 Å². The van der Waals surface area contributed by atoms with Crippen LogP contribution in [0, 0.1) is 0 Å². The van der Waals surface area contributed by atoms with Gasteiger partial charge in [0.05, 0.1) is 24.9 Å². The third-order valence-electron chi connectivity index (χ3n) is 3.12. The van der Waals surface area contributed by atoms with E-state index in [9.17, 15) is 19.6 Å². The molecule has 4 N–H and O–H groups in total. The maximum atomic E-state index is 13.1. The molecule has 0 fully saturated rings. The Morgan fingerprint density at radius 3 is 2.19 bits per heavy atom. The van der Waals surface area contributed by atoms with Crippen LogP contribution >= 0.6 is 7.60 Å². The van der Waals surface area contributed by atoms with Gasteiger partial charge in [-0.2, -0.15) is 0 Å². The summed E-state index contributed by atoms with van der Waals surface area (Å²) < 4.78 is 30.2. The summed E-state index contributed by atoms with van der Waals surface area (Å²) >= 11 is 0. The SMILES string of the molecule is CO[C@H]([C@H](O)[C@@H](O)Cn1cc(C(N)=O)nn1)P(=O)(OC(C)C)OC(C)C. The van der Waals surface area contributed by atoms with E-state index in [4.69, 9.17) is 19.5 Å². The monoisotopic (exact) mass is 394 g/mol. The third-order valence-corrected chi connectivity index (χ3v) is 5.69. The molecule has 1 aromatic rings. The van der Waals surface area contributed by atoms with Crippen LogP contribution in [0.3, 0.4) is 0 Å². The predicted octanol–water partition coefficient (Wildman–Crippen LogP) is 0.114. The number of aliphatic hydroxyl groups excluding tert-OH is 2. The smallest absolute Gasteiger partial charge is 0.362 e. The molecular weight excluding hydrogens is 367 g/mol. The topological polar surface area (TPSA) is 159 Å². The highest BCUT2D eigenvalue weighted by molar-refractivity contribution is 7.54. The Balaban J connectivity index is 2.97. The van der Waals surface area contributed by atoms with Crippen LogP contribution < -0.4 is 5.73 Å². The summed E-state index contributed by atoms with van der Waals surface area (Å²) in [7, 11) is -2.70. The quantitative estimate of drug-likeness (QED) is 0.443. The minimum absolute atomic E-state index is 0.0908. The number of rotatable bonds is 11. The molecule has 0 aliphatic carbocycles. The summed E-state index contributed by atoms with van der Waals surface area (Å²) in [5, 5.41) is 27.9. The van der Waals surface area contributed by atoms with Gasteiger partial charge in [0, 0.05) is 7.11 Å². The molecule has 26 heavy (non-hydrogen) atoms. The van der Waals surface area contributed by atoms with Crippen molar-refractivity contribution in [3.63, 3.8) is 0 Å². The first-order chi connectivity index (χ1) is 12.0. The van der Waals surface area contributed by atoms with Crippen molar-refractivity contribution < 1.29 is 33.4 Å². The Labute approximate surface area is 151 Å². The first kappa shape index (κ1) is 22.7. The summed E-state index contributed by atoms with van der Waals surface area (Å²) in [4.78, 5) is 11.0. The van der Waals surface area contributed by atoms with E-state index in [1.165, 1.54) is 13.3 Å². The number of ether oxygens (including phenoxy) is 1. The van der Waals surface area contributed by atoms with E-state index in [0.717, 1.165) is 4.68 Å². The lowest BCUT2D eigenvalue weighted by molar-refractivity contribution is -0.0640. The highest BCUT2D eigenvalue weighted by Gasteiger charge is 2.45.